The van der Waals surface area contributed by atoms with Gasteiger partial charge in [-0.15, -0.1) is 0 Å². The summed E-state index contributed by atoms with van der Waals surface area (Å²) in [5.41, 5.74) is 0.497. The van der Waals surface area contributed by atoms with E-state index in [2.05, 4.69) is 16.6 Å². The van der Waals surface area contributed by atoms with Gasteiger partial charge in [0.1, 0.15) is 0 Å². The lowest BCUT2D eigenvalue weighted by Crippen LogP contribution is -1.94. The molecule has 1 aromatic rings. The lowest BCUT2D eigenvalue weighted by atomic mass is 10.2. The average molecular weight is 239 g/mol. The van der Waals surface area contributed by atoms with Crippen LogP contribution in [0, 0.1) is 11.8 Å². The van der Waals surface area contributed by atoms with Crippen LogP contribution < -0.4 is 9.47 Å². The van der Waals surface area contributed by atoms with Crippen molar-refractivity contribution in [2.24, 2.45) is 0 Å². The molecule has 1 aromatic carbocycles. The van der Waals surface area contributed by atoms with E-state index in [1.807, 2.05) is 0 Å². The van der Waals surface area contributed by atoms with Gasteiger partial charge in [0.15, 0.2) is 11.5 Å². The fourth-order valence-electron chi connectivity index (χ4n) is 1.18. The van der Waals surface area contributed by atoms with E-state index >= 15 is 0 Å². The van der Waals surface area contributed by atoms with E-state index in [4.69, 9.17) is 21.1 Å². The van der Waals surface area contributed by atoms with Crippen LogP contribution in [-0.2, 0) is 9.53 Å². The van der Waals surface area contributed by atoms with Gasteiger partial charge in [-0.25, -0.2) is 4.79 Å². The summed E-state index contributed by atoms with van der Waals surface area (Å²) in [6.07, 6.45) is 0. The zero-order valence-electron chi connectivity index (χ0n) is 8.37. The summed E-state index contributed by atoms with van der Waals surface area (Å²) in [4.78, 5) is 10.8. The number of esters is 1. The van der Waals surface area contributed by atoms with Gasteiger partial charge in [0.05, 0.1) is 12.1 Å². The molecule has 0 aromatic heterocycles. The van der Waals surface area contributed by atoms with E-state index in [-0.39, 0.29) is 6.79 Å². The van der Waals surface area contributed by atoms with Gasteiger partial charge in [-0.3, -0.25) is 0 Å². The smallest absolute Gasteiger partial charge is 0.384 e. The van der Waals surface area contributed by atoms with Gasteiger partial charge >= 0.3 is 5.97 Å². The SMILES string of the molecule is COC(=O)C#Cc1cc2c(cc1Cl)OCO2. The Morgan fingerprint density at radius 2 is 2.12 bits per heavy atom. The van der Waals surface area contributed by atoms with E-state index in [0.29, 0.717) is 22.1 Å². The van der Waals surface area contributed by atoms with E-state index in [9.17, 15) is 4.79 Å². The predicted octanol–water partition coefficient (Wildman–Crippen LogP) is 1.59. The van der Waals surface area contributed by atoms with Gasteiger partial charge in [0, 0.05) is 23.6 Å². The van der Waals surface area contributed by atoms with Gasteiger partial charge in [-0.2, -0.15) is 0 Å². The van der Waals surface area contributed by atoms with Crippen molar-refractivity contribution < 1.29 is 19.0 Å². The maximum Gasteiger partial charge on any atom is 0.384 e. The summed E-state index contributed by atoms with van der Waals surface area (Å²) in [5, 5.41) is 0.403. The van der Waals surface area contributed by atoms with Gasteiger partial charge in [-0.05, 0) is 0 Å². The topological polar surface area (TPSA) is 44.8 Å². The van der Waals surface area contributed by atoms with Gasteiger partial charge < -0.3 is 14.2 Å². The molecule has 0 saturated carbocycles. The Bertz CT molecular complexity index is 499. The molecular formula is C11H7ClO4. The molecule has 0 fully saturated rings. The second-order valence-electron chi connectivity index (χ2n) is 2.93. The number of methoxy groups -OCH3 is 1. The summed E-state index contributed by atoms with van der Waals surface area (Å²) in [5.74, 6) is 5.42. The standard InChI is InChI=1S/C11H7ClO4/c1-14-11(13)3-2-7-4-9-10(5-8(7)12)16-6-15-9/h4-5H,6H2,1H3. The molecule has 82 valence electrons. The first kappa shape index (κ1) is 10.7. The molecule has 1 heterocycles. The third kappa shape index (κ3) is 2.05. The molecule has 0 spiro atoms. The largest absolute Gasteiger partial charge is 0.459 e. The average Bonchev–Trinajstić information content (AvgIpc) is 2.72. The van der Waals surface area contributed by atoms with E-state index in [1.165, 1.54) is 7.11 Å². The van der Waals surface area contributed by atoms with Crippen molar-refractivity contribution in [1.82, 2.24) is 0 Å². The third-order valence-electron chi connectivity index (χ3n) is 1.95. The molecule has 16 heavy (non-hydrogen) atoms. The fourth-order valence-corrected chi connectivity index (χ4v) is 1.38. The summed E-state index contributed by atoms with van der Waals surface area (Å²) in [6, 6.07) is 3.23. The number of carbonyl (C=O) groups excluding carboxylic acids is 1. The van der Waals surface area contributed by atoms with Crippen LogP contribution in [0.25, 0.3) is 0 Å². The molecule has 1 aliphatic heterocycles. The summed E-state index contributed by atoms with van der Waals surface area (Å²) >= 11 is 5.94. The number of ether oxygens (including phenoxy) is 3. The van der Waals surface area contributed by atoms with Crippen LogP contribution in [0.2, 0.25) is 5.02 Å². The molecule has 0 saturated heterocycles. The first-order valence-electron chi connectivity index (χ1n) is 4.40. The Kier molecular flexibility index (Phi) is 2.88. The summed E-state index contributed by atoms with van der Waals surface area (Å²) in [6.45, 7) is 0.166. The minimum absolute atomic E-state index is 0.166. The third-order valence-corrected chi connectivity index (χ3v) is 2.26. The summed E-state index contributed by atoms with van der Waals surface area (Å²) < 4.78 is 14.7. The molecule has 5 heteroatoms. The van der Waals surface area contributed by atoms with Crippen molar-refractivity contribution in [1.29, 1.82) is 0 Å². The van der Waals surface area contributed by atoms with Crippen molar-refractivity contribution in [2.75, 3.05) is 13.9 Å². The Balaban J connectivity index is 2.34. The van der Waals surface area contributed by atoms with E-state index in [1.54, 1.807) is 12.1 Å². The Hall–Kier alpha value is -1.86. The maximum absolute atomic E-state index is 10.8. The van der Waals surface area contributed by atoms with Crippen LogP contribution >= 0.6 is 11.6 Å². The van der Waals surface area contributed by atoms with Crippen molar-refractivity contribution in [3.63, 3.8) is 0 Å². The zero-order chi connectivity index (χ0) is 11.5. The Morgan fingerprint density at radius 3 is 2.81 bits per heavy atom. The van der Waals surface area contributed by atoms with Crippen LogP contribution in [0.4, 0.5) is 0 Å². The lowest BCUT2D eigenvalue weighted by molar-refractivity contribution is -0.133. The molecule has 0 unspecified atom stereocenters. The second kappa shape index (κ2) is 4.33. The minimum atomic E-state index is -0.617. The van der Waals surface area contributed by atoms with Crippen LogP contribution in [0.5, 0.6) is 11.5 Å². The number of carbonyl (C=O) groups is 1. The first-order valence-corrected chi connectivity index (χ1v) is 4.77. The monoisotopic (exact) mass is 238 g/mol. The Morgan fingerprint density at radius 1 is 1.44 bits per heavy atom. The summed E-state index contributed by atoms with van der Waals surface area (Å²) in [7, 11) is 1.26. The highest BCUT2D eigenvalue weighted by molar-refractivity contribution is 6.32. The molecule has 0 amide bonds. The molecule has 0 atom stereocenters. The number of hydrogen-bond donors (Lipinski definition) is 0. The molecule has 4 nitrogen and oxygen atoms in total. The van der Waals surface area contributed by atoms with Gasteiger partial charge in [0.2, 0.25) is 6.79 Å². The van der Waals surface area contributed by atoms with Gasteiger partial charge in [0.25, 0.3) is 0 Å². The first-order chi connectivity index (χ1) is 7.70. The molecule has 0 radical (unpaired) electrons. The van der Waals surface area contributed by atoms with Crippen molar-refractivity contribution >= 4 is 17.6 Å². The maximum atomic E-state index is 10.8. The van der Waals surface area contributed by atoms with Crippen molar-refractivity contribution in [3.05, 3.63) is 22.7 Å². The molecule has 0 N–H and O–H groups in total. The Labute approximate surface area is 97.1 Å². The lowest BCUT2D eigenvalue weighted by Gasteiger charge is -1.99. The molecule has 0 bridgehead atoms. The normalized spacial score (nSPS) is 11.6. The zero-order valence-corrected chi connectivity index (χ0v) is 9.13. The van der Waals surface area contributed by atoms with E-state index < -0.39 is 5.97 Å². The van der Waals surface area contributed by atoms with Crippen LogP contribution in [0.3, 0.4) is 0 Å². The highest BCUT2D eigenvalue weighted by atomic mass is 35.5. The highest BCUT2D eigenvalue weighted by Gasteiger charge is 2.15. The second-order valence-corrected chi connectivity index (χ2v) is 3.33. The predicted molar refractivity (Wildman–Crippen MR) is 56.5 cm³/mol. The van der Waals surface area contributed by atoms with Crippen molar-refractivity contribution in [2.45, 2.75) is 0 Å². The van der Waals surface area contributed by atoms with Crippen LogP contribution in [0.1, 0.15) is 5.56 Å². The number of benzene rings is 1. The molecule has 1 aliphatic rings. The van der Waals surface area contributed by atoms with Crippen molar-refractivity contribution in [3.8, 4) is 23.3 Å². The molecule has 2 rings (SSSR count). The fraction of sp³-hybridized carbons (Fsp3) is 0.182. The number of fused-ring (bicyclic) bond motifs is 1. The quantitative estimate of drug-likeness (QED) is 0.509. The number of rotatable bonds is 0. The number of halogens is 1. The molecule has 0 aliphatic carbocycles. The molecular weight excluding hydrogens is 232 g/mol. The van der Waals surface area contributed by atoms with Crippen LogP contribution in [-0.4, -0.2) is 19.9 Å². The number of hydrogen-bond acceptors (Lipinski definition) is 4. The minimum Gasteiger partial charge on any atom is -0.459 e. The van der Waals surface area contributed by atoms with Crippen LogP contribution in [0.15, 0.2) is 12.1 Å². The van der Waals surface area contributed by atoms with Gasteiger partial charge in [-0.1, -0.05) is 17.5 Å². The highest BCUT2D eigenvalue weighted by Crippen LogP contribution is 2.36. The van der Waals surface area contributed by atoms with E-state index in [0.717, 1.165) is 0 Å².